The van der Waals surface area contributed by atoms with Crippen molar-refractivity contribution in [3.05, 3.63) is 71.0 Å². The first kappa shape index (κ1) is 16.6. The van der Waals surface area contributed by atoms with Gasteiger partial charge in [-0.25, -0.2) is 4.52 Å². The van der Waals surface area contributed by atoms with Crippen LogP contribution in [-0.4, -0.2) is 57.4 Å². The molecule has 1 saturated heterocycles. The second-order valence-corrected chi connectivity index (χ2v) is 6.62. The number of hydrogen-bond acceptors (Lipinski definition) is 3. The highest BCUT2D eigenvalue weighted by Gasteiger charge is 2.27. The summed E-state index contributed by atoms with van der Waals surface area (Å²) in [6, 6.07) is 12.6. The highest BCUT2D eigenvalue weighted by atomic mass is 35.5. The van der Waals surface area contributed by atoms with Crippen molar-refractivity contribution in [3.8, 4) is 0 Å². The van der Waals surface area contributed by atoms with Gasteiger partial charge in [0.25, 0.3) is 11.8 Å². The molecule has 132 valence electrons. The zero-order chi connectivity index (χ0) is 18.1. The summed E-state index contributed by atoms with van der Waals surface area (Å²) in [6.07, 6.45) is 3.41. The van der Waals surface area contributed by atoms with Crippen molar-refractivity contribution in [2.24, 2.45) is 0 Å². The van der Waals surface area contributed by atoms with Gasteiger partial charge < -0.3 is 9.80 Å². The fraction of sp³-hybridized carbons (Fsp3) is 0.211. The number of carbonyl (C=O) groups excluding carboxylic acids is 2. The Bertz CT molecular complexity index is 976. The van der Waals surface area contributed by atoms with Crippen LogP contribution in [0.1, 0.15) is 20.7 Å². The quantitative estimate of drug-likeness (QED) is 0.698. The molecule has 2 amide bonds. The fourth-order valence-electron chi connectivity index (χ4n) is 3.19. The predicted octanol–water partition coefficient (Wildman–Crippen LogP) is 2.59. The van der Waals surface area contributed by atoms with Crippen LogP contribution in [0.5, 0.6) is 0 Å². The van der Waals surface area contributed by atoms with E-state index in [2.05, 4.69) is 5.10 Å². The van der Waals surface area contributed by atoms with Gasteiger partial charge in [0.2, 0.25) is 0 Å². The maximum absolute atomic E-state index is 12.8. The van der Waals surface area contributed by atoms with Gasteiger partial charge in [0.15, 0.2) is 0 Å². The number of piperazine rings is 1. The van der Waals surface area contributed by atoms with Crippen LogP contribution >= 0.6 is 11.6 Å². The summed E-state index contributed by atoms with van der Waals surface area (Å²) in [6.45, 7) is 1.98. The van der Waals surface area contributed by atoms with Gasteiger partial charge in [-0.1, -0.05) is 23.7 Å². The van der Waals surface area contributed by atoms with Crippen molar-refractivity contribution in [3.63, 3.8) is 0 Å². The number of nitrogens with zero attached hydrogens (tertiary/aromatic N) is 4. The van der Waals surface area contributed by atoms with E-state index in [0.717, 1.165) is 5.52 Å². The molecule has 26 heavy (non-hydrogen) atoms. The summed E-state index contributed by atoms with van der Waals surface area (Å²) >= 11 is 5.97. The average molecular weight is 369 g/mol. The largest absolute Gasteiger partial charge is 0.335 e. The Balaban J connectivity index is 1.45. The minimum absolute atomic E-state index is 0.0546. The minimum atomic E-state index is -0.0596. The Kier molecular flexibility index (Phi) is 4.34. The number of halogens is 1. The number of rotatable bonds is 2. The third kappa shape index (κ3) is 3.04. The lowest BCUT2D eigenvalue weighted by Crippen LogP contribution is -2.50. The lowest BCUT2D eigenvalue weighted by Gasteiger charge is -2.34. The Morgan fingerprint density at radius 3 is 2.38 bits per heavy atom. The Labute approximate surface area is 155 Å². The molecular weight excluding hydrogens is 352 g/mol. The molecule has 0 saturated carbocycles. The van der Waals surface area contributed by atoms with Gasteiger partial charge in [0, 0.05) is 43.0 Å². The smallest absolute Gasteiger partial charge is 0.257 e. The van der Waals surface area contributed by atoms with E-state index in [4.69, 9.17) is 11.6 Å². The first-order chi connectivity index (χ1) is 12.6. The molecule has 4 rings (SSSR count). The summed E-state index contributed by atoms with van der Waals surface area (Å²) in [4.78, 5) is 28.9. The van der Waals surface area contributed by atoms with Crippen LogP contribution in [0.2, 0.25) is 5.02 Å². The van der Waals surface area contributed by atoms with Crippen molar-refractivity contribution in [2.75, 3.05) is 26.2 Å². The second-order valence-electron chi connectivity index (χ2n) is 6.18. The third-order valence-corrected chi connectivity index (χ3v) is 4.82. The molecule has 1 aromatic carbocycles. The lowest BCUT2D eigenvalue weighted by molar-refractivity contribution is 0.0536. The van der Waals surface area contributed by atoms with Crippen LogP contribution in [-0.2, 0) is 0 Å². The molecule has 1 aliphatic heterocycles. The molecule has 1 fully saturated rings. The molecule has 2 aromatic heterocycles. The maximum Gasteiger partial charge on any atom is 0.257 e. The Hall–Kier alpha value is -2.86. The van der Waals surface area contributed by atoms with E-state index in [1.165, 1.54) is 0 Å². The molecule has 0 atom stereocenters. The van der Waals surface area contributed by atoms with Crippen LogP contribution in [0.25, 0.3) is 5.52 Å². The molecule has 0 unspecified atom stereocenters. The van der Waals surface area contributed by atoms with Crippen LogP contribution in [0.15, 0.2) is 54.9 Å². The molecular formula is C19H17ClN4O2. The van der Waals surface area contributed by atoms with Crippen molar-refractivity contribution in [1.29, 1.82) is 0 Å². The van der Waals surface area contributed by atoms with Crippen molar-refractivity contribution >= 4 is 28.9 Å². The molecule has 0 radical (unpaired) electrons. The van der Waals surface area contributed by atoms with Crippen LogP contribution in [0, 0.1) is 0 Å². The molecule has 0 spiro atoms. The average Bonchev–Trinajstić information content (AvgIpc) is 3.11. The number of hydrogen-bond donors (Lipinski definition) is 0. The zero-order valence-electron chi connectivity index (χ0n) is 14.0. The van der Waals surface area contributed by atoms with Gasteiger partial charge in [-0.15, -0.1) is 0 Å². The summed E-state index contributed by atoms with van der Waals surface area (Å²) in [7, 11) is 0. The topological polar surface area (TPSA) is 57.9 Å². The monoisotopic (exact) mass is 368 g/mol. The van der Waals surface area contributed by atoms with Gasteiger partial charge >= 0.3 is 0 Å². The summed E-state index contributed by atoms with van der Waals surface area (Å²) in [5, 5.41) is 4.76. The maximum atomic E-state index is 12.8. The van der Waals surface area contributed by atoms with Crippen LogP contribution in [0.4, 0.5) is 0 Å². The Morgan fingerprint density at radius 1 is 0.923 bits per heavy atom. The zero-order valence-corrected chi connectivity index (χ0v) is 14.8. The van der Waals surface area contributed by atoms with Gasteiger partial charge in [-0.3, -0.25) is 9.59 Å². The molecule has 0 aliphatic carbocycles. The number of fused-ring (bicyclic) bond motifs is 1. The molecule has 7 heteroatoms. The van der Waals surface area contributed by atoms with E-state index >= 15 is 0 Å². The van der Waals surface area contributed by atoms with Crippen LogP contribution < -0.4 is 0 Å². The predicted molar refractivity (Wildman–Crippen MR) is 98.5 cm³/mol. The van der Waals surface area contributed by atoms with E-state index < -0.39 is 0 Å². The first-order valence-corrected chi connectivity index (χ1v) is 8.78. The second kappa shape index (κ2) is 6.80. The summed E-state index contributed by atoms with van der Waals surface area (Å²) in [5.41, 5.74) is 1.94. The normalized spacial score (nSPS) is 14.7. The number of benzene rings is 1. The van der Waals surface area contributed by atoms with Crippen molar-refractivity contribution < 1.29 is 9.59 Å². The molecule has 0 N–H and O–H groups in total. The number of aromatic nitrogens is 2. The third-order valence-electron chi connectivity index (χ3n) is 4.58. The molecule has 0 bridgehead atoms. The molecule has 3 aromatic rings. The molecule has 1 aliphatic rings. The highest BCUT2D eigenvalue weighted by Crippen LogP contribution is 2.17. The highest BCUT2D eigenvalue weighted by molar-refractivity contribution is 6.30. The Morgan fingerprint density at radius 2 is 1.65 bits per heavy atom. The van der Waals surface area contributed by atoms with Gasteiger partial charge in [-0.2, -0.15) is 5.10 Å². The van der Waals surface area contributed by atoms with E-state index in [-0.39, 0.29) is 11.8 Å². The number of amides is 2. The van der Waals surface area contributed by atoms with Crippen molar-refractivity contribution in [2.45, 2.75) is 0 Å². The minimum Gasteiger partial charge on any atom is -0.335 e. The number of pyridine rings is 1. The lowest BCUT2D eigenvalue weighted by atomic mass is 10.1. The molecule has 6 nitrogen and oxygen atoms in total. The van der Waals surface area contributed by atoms with E-state index in [0.29, 0.717) is 42.3 Å². The SMILES string of the molecule is O=C(c1cccc(Cl)c1)N1CCN(C(=O)c2cnn3ccccc23)CC1. The van der Waals surface area contributed by atoms with E-state index in [1.807, 2.05) is 24.4 Å². The first-order valence-electron chi connectivity index (χ1n) is 8.40. The standard InChI is InChI=1S/C19H17ClN4O2/c20-15-5-3-4-14(12-15)18(25)22-8-10-23(11-9-22)19(26)16-13-21-24-7-2-1-6-17(16)24/h1-7,12-13H,8-11H2. The van der Waals surface area contributed by atoms with Gasteiger partial charge in [0.05, 0.1) is 17.3 Å². The summed E-state index contributed by atoms with van der Waals surface area (Å²) < 4.78 is 1.69. The summed E-state index contributed by atoms with van der Waals surface area (Å²) in [5.74, 6) is -0.114. The van der Waals surface area contributed by atoms with Crippen LogP contribution in [0.3, 0.4) is 0 Å². The fourth-order valence-corrected chi connectivity index (χ4v) is 3.38. The van der Waals surface area contributed by atoms with Gasteiger partial charge in [0.1, 0.15) is 0 Å². The van der Waals surface area contributed by atoms with E-state index in [1.54, 1.807) is 44.8 Å². The van der Waals surface area contributed by atoms with Gasteiger partial charge in [-0.05, 0) is 30.3 Å². The number of carbonyl (C=O) groups is 2. The van der Waals surface area contributed by atoms with Crippen molar-refractivity contribution in [1.82, 2.24) is 19.4 Å². The van der Waals surface area contributed by atoms with E-state index in [9.17, 15) is 9.59 Å². The molecule has 3 heterocycles.